The van der Waals surface area contributed by atoms with Gasteiger partial charge in [0.25, 0.3) is 5.91 Å². The van der Waals surface area contributed by atoms with Gasteiger partial charge in [-0.05, 0) is 43.5 Å². The number of benzene rings is 2. The molecule has 1 fully saturated rings. The Hall–Kier alpha value is -3.07. The zero-order valence-corrected chi connectivity index (χ0v) is 17.3. The molecule has 2 atom stereocenters. The van der Waals surface area contributed by atoms with Crippen molar-refractivity contribution in [1.82, 2.24) is 25.4 Å². The number of nitrogens with one attached hydrogen (secondary N) is 1. The molecule has 0 saturated carbocycles. The zero-order valence-electron chi connectivity index (χ0n) is 17.3. The number of aliphatic hydroxyl groups excluding tert-OH is 1. The minimum atomic E-state index is -0.552. The number of hydrogen-bond acceptors (Lipinski definition) is 6. The van der Waals surface area contributed by atoms with Crippen LogP contribution in [0.2, 0.25) is 0 Å². The number of amides is 1. The Morgan fingerprint density at radius 3 is 2.61 bits per heavy atom. The quantitative estimate of drug-likeness (QED) is 0.381. The fraction of sp³-hybridized carbons (Fsp3) is 0.348. The highest BCUT2D eigenvalue weighted by atomic mass is 16.5. The molecular weight excluding hydrogens is 394 g/mol. The van der Waals surface area contributed by atoms with Gasteiger partial charge in [-0.2, -0.15) is 0 Å². The first-order chi connectivity index (χ1) is 15.2. The van der Waals surface area contributed by atoms with Crippen LogP contribution in [0, 0.1) is 0 Å². The number of hydroxylamine groups is 1. The van der Waals surface area contributed by atoms with E-state index in [1.54, 1.807) is 29.7 Å². The minimum Gasteiger partial charge on any atom is -0.395 e. The standard InChI is InChI=1S/C23H27N5O3/c29-16-21-13-20(14-27(21)12-4-7-17-5-2-1-3-6-17)28-15-22(24-26-28)18-8-10-19(11-9-18)23(30)25-31/h1-3,5-6,8-11,15,20-21,29,31H,4,7,12-14,16H2,(H,25,30)/t20-,21+/m0/s1. The molecule has 3 N–H and O–H groups in total. The van der Waals surface area contributed by atoms with Gasteiger partial charge in [0.1, 0.15) is 5.69 Å². The van der Waals surface area contributed by atoms with Crippen molar-refractivity contribution in [2.75, 3.05) is 19.7 Å². The Balaban J connectivity index is 1.37. The van der Waals surface area contributed by atoms with Crippen LogP contribution in [-0.4, -0.2) is 61.9 Å². The van der Waals surface area contributed by atoms with Crippen LogP contribution in [0.4, 0.5) is 0 Å². The summed E-state index contributed by atoms with van der Waals surface area (Å²) in [6.07, 6.45) is 4.81. The Kier molecular flexibility index (Phi) is 6.71. The monoisotopic (exact) mass is 421 g/mol. The molecule has 0 spiro atoms. The van der Waals surface area contributed by atoms with Crippen LogP contribution in [-0.2, 0) is 6.42 Å². The van der Waals surface area contributed by atoms with E-state index in [-0.39, 0.29) is 18.7 Å². The molecule has 0 bridgehead atoms. The maximum absolute atomic E-state index is 11.5. The van der Waals surface area contributed by atoms with Gasteiger partial charge in [0.05, 0.1) is 18.8 Å². The number of aryl methyl sites for hydroxylation is 1. The molecular formula is C23H27N5O3. The van der Waals surface area contributed by atoms with Crippen molar-refractivity contribution in [3.63, 3.8) is 0 Å². The SMILES string of the molecule is O=C(NO)c1ccc(-c2cn([C@H]3C[C@H](CO)N(CCCc4ccccc4)C3)nn2)cc1. The highest BCUT2D eigenvalue weighted by Crippen LogP contribution is 2.28. The van der Waals surface area contributed by atoms with Gasteiger partial charge < -0.3 is 5.11 Å². The second-order valence-corrected chi connectivity index (χ2v) is 7.91. The number of carbonyl (C=O) groups excluding carboxylic acids is 1. The van der Waals surface area contributed by atoms with Crippen LogP contribution in [0.1, 0.15) is 34.8 Å². The van der Waals surface area contributed by atoms with Gasteiger partial charge in [-0.15, -0.1) is 5.10 Å². The first-order valence-electron chi connectivity index (χ1n) is 10.5. The molecule has 0 unspecified atom stereocenters. The maximum atomic E-state index is 11.5. The predicted molar refractivity (Wildman–Crippen MR) is 116 cm³/mol. The second kappa shape index (κ2) is 9.82. The van der Waals surface area contributed by atoms with E-state index < -0.39 is 5.91 Å². The summed E-state index contributed by atoms with van der Waals surface area (Å²) < 4.78 is 1.88. The van der Waals surface area contributed by atoms with Crippen LogP contribution in [0.15, 0.2) is 60.8 Å². The largest absolute Gasteiger partial charge is 0.395 e. The summed E-state index contributed by atoms with van der Waals surface area (Å²) >= 11 is 0. The zero-order chi connectivity index (χ0) is 21.6. The lowest BCUT2D eigenvalue weighted by atomic mass is 10.1. The number of carbonyl (C=O) groups is 1. The summed E-state index contributed by atoms with van der Waals surface area (Å²) in [7, 11) is 0. The van der Waals surface area contributed by atoms with E-state index in [4.69, 9.17) is 5.21 Å². The number of hydrogen-bond donors (Lipinski definition) is 3. The Bertz CT molecular complexity index is 990. The van der Waals surface area contributed by atoms with E-state index in [1.807, 2.05) is 16.9 Å². The summed E-state index contributed by atoms with van der Waals surface area (Å²) in [6, 6.07) is 17.6. The molecule has 8 heteroatoms. The number of aliphatic hydroxyl groups is 1. The van der Waals surface area contributed by atoms with Crippen molar-refractivity contribution in [3.05, 3.63) is 71.9 Å². The molecule has 1 aliphatic rings. The van der Waals surface area contributed by atoms with Crippen LogP contribution in [0.5, 0.6) is 0 Å². The lowest BCUT2D eigenvalue weighted by molar-refractivity contribution is 0.0706. The molecule has 1 saturated heterocycles. The molecule has 2 aromatic carbocycles. The fourth-order valence-electron chi connectivity index (χ4n) is 4.19. The van der Waals surface area contributed by atoms with Gasteiger partial charge >= 0.3 is 0 Å². The third-order valence-electron chi connectivity index (χ3n) is 5.90. The number of rotatable bonds is 8. The second-order valence-electron chi connectivity index (χ2n) is 7.91. The molecule has 1 amide bonds. The number of nitrogens with zero attached hydrogens (tertiary/aromatic N) is 4. The number of likely N-dealkylation sites (tertiary alicyclic amines) is 1. The molecule has 0 radical (unpaired) electrons. The summed E-state index contributed by atoms with van der Waals surface area (Å²) in [5.41, 5.74) is 4.89. The maximum Gasteiger partial charge on any atom is 0.274 e. The van der Waals surface area contributed by atoms with Crippen molar-refractivity contribution < 1.29 is 15.1 Å². The topological polar surface area (TPSA) is 104 Å². The van der Waals surface area contributed by atoms with Gasteiger partial charge in [0, 0.05) is 23.7 Å². The fourth-order valence-corrected chi connectivity index (χ4v) is 4.19. The van der Waals surface area contributed by atoms with E-state index in [2.05, 4.69) is 39.5 Å². The first-order valence-corrected chi connectivity index (χ1v) is 10.5. The molecule has 3 aromatic rings. The highest BCUT2D eigenvalue weighted by molar-refractivity contribution is 5.93. The van der Waals surface area contributed by atoms with E-state index >= 15 is 0 Å². The molecule has 8 nitrogen and oxygen atoms in total. The van der Waals surface area contributed by atoms with Gasteiger partial charge in [0.2, 0.25) is 0 Å². The van der Waals surface area contributed by atoms with E-state index in [0.29, 0.717) is 5.56 Å². The van der Waals surface area contributed by atoms with Gasteiger partial charge in [-0.3, -0.25) is 14.9 Å². The van der Waals surface area contributed by atoms with Crippen molar-refractivity contribution >= 4 is 5.91 Å². The summed E-state index contributed by atoms with van der Waals surface area (Å²) in [5, 5.41) is 27.2. The lowest BCUT2D eigenvalue weighted by Crippen LogP contribution is -2.33. The van der Waals surface area contributed by atoms with E-state index in [0.717, 1.165) is 43.6 Å². The Morgan fingerprint density at radius 1 is 1.13 bits per heavy atom. The van der Waals surface area contributed by atoms with E-state index in [9.17, 15) is 9.90 Å². The molecule has 0 aliphatic carbocycles. The summed E-state index contributed by atoms with van der Waals surface area (Å²) in [4.78, 5) is 13.8. The molecule has 1 aliphatic heterocycles. The van der Waals surface area contributed by atoms with E-state index in [1.165, 1.54) is 5.56 Å². The van der Waals surface area contributed by atoms with Crippen LogP contribution in [0.25, 0.3) is 11.3 Å². The third-order valence-corrected chi connectivity index (χ3v) is 5.90. The van der Waals surface area contributed by atoms with Crippen LogP contribution < -0.4 is 5.48 Å². The first kappa shape index (κ1) is 21.2. The molecule has 2 heterocycles. The van der Waals surface area contributed by atoms with Crippen molar-refractivity contribution in [1.29, 1.82) is 0 Å². The highest BCUT2D eigenvalue weighted by Gasteiger charge is 2.33. The molecule has 162 valence electrons. The van der Waals surface area contributed by atoms with Crippen LogP contribution >= 0.6 is 0 Å². The van der Waals surface area contributed by atoms with Crippen molar-refractivity contribution in [2.45, 2.75) is 31.3 Å². The summed E-state index contributed by atoms with van der Waals surface area (Å²) in [5.74, 6) is -0.552. The average Bonchev–Trinajstić information content (AvgIpc) is 3.47. The predicted octanol–water partition coefficient (Wildman–Crippen LogP) is 2.30. The van der Waals surface area contributed by atoms with Gasteiger partial charge in [-0.1, -0.05) is 47.7 Å². The molecule has 31 heavy (non-hydrogen) atoms. The van der Waals surface area contributed by atoms with Crippen molar-refractivity contribution in [2.24, 2.45) is 0 Å². The normalized spacial score (nSPS) is 18.9. The molecule has 4 rings (SSSR count). The van der Waals surface area contributed by atoms with Gasteiger partial charge in [0.15, 0.2) is 0 Å². The molecule has 1 aromatic heterocycles. The Morgan fingerprint density at radius 2 is 1.90 bits per heavy atom. The smallest absolute Gasteiger partial charge is 0.274 e. The Labute approximate surface area is 181 Å². The third kappa shape index (κ3) is 4.99. The van der Waals surface area contributed by atoms with Gasteiger partial charge in [-0.25, -0.2) is 10.2 Å². The lowest BCUT2D eigenvalue weighted by Gasteiger charge is -2.22. The van der Waals surface area contributed by atoms with Crippen LogP contribution in [0.3, 0.4) is 0 Å². The summed E-state index contributed by atoms with van der Waals surface area (Å²) in [6.45, 7) is 1.91. The van der Waals surface area contributed by atoms with Crippen molar-refractivity contribution in [3.8, 4) is 11.3 Å². The average molecular weight is 422 g/mol. The minimum absolute atomic E-state index is 0.129. The number of aromatic nitrogens is 3.